The molecular formula is C11H10N4O2. The SMILES string of the molecule is Cc1cc(-c2ncccn2)c(N)c([N+](=O)[O-])c1. The van der Waals surface area contributed by atoms with E-state index in [0.717, 1.165) is 5.56 Å². The summed E-state index contributed by atoms with van der Waals surface area (Å²) in [6.07, 6.45) is 3.13. The molecule has 0 aliphatic rings. The zero-order chi connectivity index (χ0) is 12.4. The van der Waals surface area contributed by atoms with Gasteiger partial charge in [-0.05, 0) is 24.6 Å². The number of nitrogens with two attached hydrogens (primary N) is 1. The Bertz CT molecular complexity index is 569. The van der Waals surface area contributed by atoms with Crippen LogP contribution in [-0.4, -0.2) is 14.9 Å². The molecule has 2 aromatic rings. The highest BCUT2D eigenvalue weighted by molar-refractivity contribution is 5.80. The summed E-state index contributed by atoms with van der Waals surface area (Å²) in [5.41, 5.74) is 6.96. The molecule has 6 heteroatoms. The van der Waals surface area contributed by atoms with Gasteiger partial charge in [-0.25, -0.2) is 9.97 Å². The van der Waals surface area contributed by atoms with Crippen molar-refractivity contribution >= 4 is 11.4 Å². The highest BCUT2D eigenvalue weighted by Gasteiger charge is 2.18. The number of nitro groups is 1. The summed E-state index contributed by atoms with van der Waals surface area (Å²) in [7, 11) is 0. The van der Waals surface area contributed by atoms with Gasteiger partial charge in [-0.15, -0.1) is 0 Å². The van der Waals surface area contributed by atoms with Crippen LogP contribution in [0, 0.1) is 17.0 Å². The molecule has 0 radical (unpaired) electrons. The molecule has 2 rings (SSSR count). The molecule has 0 unspecified atom stereocenters. The number of nitrogens with zero attached hydrogens (tertiary/aromatic N) is 3. The number of hydrogen-bond acceptors (Lipinski definition) is 5. The predicted molar refractivity (Wildman–Crippen MR) is 63.3 cm³/mol. The topological polar surface area (TPSA) is 94.9 Å². The van der Waals surface area contributed by atoms with Crippen molar-refractivity contribution < 1.29 is 4.92 Å². The molecule has 6 nitrogen and oxygen atoms in total. The van der Waals surface area contributed by atoms with Gasteiger partial charge in [0.2, 0.25) is 0 Å². The lowest BCUT2D eigenvalue weighted by Gasteiger charge is -2.06. The van der Waals surface area contributed by atoms with Gasteiger partial charge < -0.3 is 5.73 Å². The highest BCUT2D eigenvalue weighted by Crippen LogP contribution is 2.32. The minimum absolute atomic E-state index is 0.0896. The van der Waals surface area contributed by atoms with Crippen LogP contribution in [0.25, 0.3) is 11.4 Å². The maximum atomic E-state index is 10.8. The number of benzene rings is 1. The second-order valence-corrected chi connectivity index (χ2v) is 3.57. The van der Waals surface area contributed by atoms with Crippen LogP contribution < -0.4 is 5.73 Å². The third-order valence-corrected chi connectivity index (χ3v) is 2.31. The smallest absolute Gasteiger partial charge is 0.293 e. The van der Waals surface area contributed by atoms with E-state index < -0.39 is 4.92 Å². The van der Waals surface area contributed by atoms with E-state index in [4.69, 9.17) is 5.73 Å². The number of anilines is 1. The number of hydrogen-bond donors (Lipinski definition) is 1. The van der Waals surface area contributed by atoms with Crippen molar-refractivity contribution in [2.45, 2.75) is 6.92 Å². The first kappa shape index (κ1) is 11.0. The van der Waals surface area contributed by atoms with Crippen LogP contribution in [0.5, 0.6) is 0 Å². The van der Waals surface area contributed by atoms with E-state index in [9.17, 15) is 10.1 Å². The summed E-state index contributed by atoms with van der Waals surface area (Å²) in [6, 6.07) is 4.84. The summed E-state index contributed by atoms with van der Waals surface area (Å²) < 4.78 is 0. The van der Waals surface area contributed by atoms with Crippen LogP contribution in [0.3, 0.4) is 0 Å². The first-order valence-corrected chi connectivity index (χ1v) is 4.91. The van der Waals surface area contributed by atoms with Crippen molar-refractivity contribution in [3.63, 3.8) is 0 Å². The molecule has 1 heterocycles. The third-order valence-electron chi connectivity index (χ3n) is 2.31. The van der Waals surface area contributed by atoms with Crippen LogP contribution in [0.1, 0.15) is 5.56 Å². The third kappa shape index (κ3) is 2.05. The van der Waals surface area contributed by atoms with Crippen molar-refractivity contribution in [2.75, 3.05) is 5.73 Å². The minimum atomic E-state index is -0.505. The van der Waals surface area contributed by atoms with Crippen molar-refractivity contribution in [1.82, 2.24) is 9.97 Å². The molecule has 0 spiro atoms. The monoisotopic (exact) mass is 230 g/mol. The summed E-state index contributed by atoms with van der Waals surface area (Å²) in [5.74, 6) is 0.386. The van der Waals surface area contributed by atoms with Gasteiger partial charge in [0, 0.05) is 24.0 Å². The van der Waals surface area contributed by atoms with Crippen LogP contribution in [0.15, 0.2) is 30.6 Å². The number of aryl methyl sites for hydroxylation is 1. The molecule has 86 valence electrons. The Balaban J connectivity index is 2.67. The molecule has 1 aromatic carbocycles. The molecule has 2 N–H and O–H groups in total. The Hall–Kier alpha value is -2.50. The van der Waals surface area contributed by atoms with E-state index in [2.05, 4.69) is 9.97 Å². The van der Waals surface area contributed by atoms with Crippen LogP contribution in [0.2, 0.25) is 0 Å². The van der Waals surface area contributed by atoms with Crippen LogP contribution in [0.4, 0.5) is 11.4 Å². The molecule has 0 aliphatic carbocycles. The maximum Gasteiger partial charge on any atom is 0.293 e. The summed E-state index contributed by atoms with van der Waals surface area (Å²) >= 11 is 0. The lowest BCUT2D eigenvalue weighted by atomic mass is 10.1. The fraction of sp³-hybridized carbons (Fsp3) is 0.0909. The molecule has 17 heavy (non-hydrogen) atoms. The quantitative estimate of drug-likeness (QED) is 0.483. The highest BCUT2D eigenvalue weighted by atomic mass is 16.6. The minimum Gasteiger partial charge on any atom is -0.393 e. The second kappa shape index (κ2) is 4.17. The van der Waals surface area contributed by atoms with E-state index in [-0.39, 0.29) is 11.4 Å². The van der Waals surface area contributed by atoms with E-state index in [1.54, 1.807) is 31.5 Å². The number of rotatable bonds is 2. The summed E-state index contributed by atoms with van der Waals surface area (Å²) in [6.45, 7) is 1.76. The second-order valence-electron chi connectivity index (χ2n) is 3.57. The van der Waals surface area contributed by atoms with Gasteiger partial charge in [-0.3, -0.25) is 10.1 Å². The molecule has 0 bridgehead atoms. The average Bonchev–Trinajstić information content (AvgIpc) is 2.32. The molecule has 0 aliphatic heterocycles. The largest absolute Gasteiger partial charge is 0.393 e. The van der Waals surface area contributed by atoms with Crippen LogP contribution in [-0.2, 0) is 0 Å². The predicted octanol–water partition coefficient (Wildman–Crippen LogP) is 1.94. The Morgan fingerprint density at radius 2 is 1.94 bits per heavy atom. The van der Waals surface area contributed by atoms with E-state index >= 15 is 0 Å². The molecule has 0 saturated carbocycles. The normalized spacial score (nSPS) is 10.2. The number of nitro benzene ring substituents is 1. The van der Waals surface area contributed by atoms with Crippen molar-refractivity contribution in [3.05, 3.63) is 46.3 Å². The van der Waals surface area contributed by atoms with Crippen molar-refractivity contribution in [3.8, 4) is 11.4 Å². The van der Waals surface area contributed by atoms with Gasteiger partial charge in [-0.1, -0.05) is 0 Å². The fourth-order valence-corrected chi connectivity index (χ4v) is 1.55. The Kier molecular flexibility index (Phi) is 2.70. The Morgan fingerprint density at radius 1 is 1.29 bits per heavy atom. The Labute approximate surface area is 97.3 Å². The molecular weight excluding hydrogens is 220 g/mol. The van der Waals surface area contributed by atoms with Gasteiger partial charge in [0.05, 0.1) is 4.92 Å². The van der Waals surface area contributed by atoms with Crippen molar-refractivity contribution in [2.24, 2.45) is 0 Å². The number of aromatic nitrogens is 2. The number of nitrogen functional groups attached to an aromatic ring is 1. The average molecular weight is 230 g/mol. The first-order chi connectivity index (χ1) is 8.09. The standard InChI is InChI=1S/C11H10N4O2/c1-7-5-8(11-13-3-2-4-14-11)10(12)9(6-7)15(16)17/h2-6H,12H2,1H3. The van der Waals surface area contributed by atoms with Gasteiger partial charge in [0.25, 0.3) is 5.69 Å². The van der Waals surface area contributed by atoms with Gasteiger partial charge in [-0.2, -0.15) is 0 Å². The fourth-order valence-electron chi connectivity index (χ4n) is 1.55. The van der Waals surface area contributed by atoms with Crippen LogP contribution >= 0.6 is 0 Å². The molecule has 0 amide bonds. The summed E-state index contributed by atoms with van der Waals surface area (Å²) in [5, 5.41) is 10.8. The lowest BCUT2D eigenvalue weighted by molar-refractivity contribution is -0.383. The first-order valence-electron chi connectivity index (χ1n) is 4.91. The van der Waals surface area contributed by atoms with Crippen molar-refractivity contribution in [1.29, 1.82) is 0 Å². The molecule has 0 fully saturated rings. The molecule has 1 aromatic heterocycles. The van der Waals surface area contributed by atoms with Gasteiger partial charge in [0.1, 0.15) is 5.69 Å². The van der Waals surface area contributed by atoms with E-state index in [1.165, 1.54) is 6.07 Å². The van der Waals surface area contributed by atoms with E-state index in [0.29, 0.717) is 11.4 Å². The zero-order valence-electron chi connectivity index (χ0n) is 9.12. The van der Waals surface area contributed by atoms with E-state index in [1.807, 2.05) is 0 Å². The Morgan fingerprint density at radius 3 is 2.53 bits per heavy atom. The zero-order valence-corrected chi connectivity index (χ0v) is 9.12. The van der Waals surface area contributed by atoms with Gasteiger partial charge in [0.15, 0.2) is 5.82 Å². The molecule has 0 atom stereocenters. The lowest BCUT2D eigenvalue weighted by Crippen LogP contribution is -2.00. The summed E-state index contributed by atoms with van der Waals surface area (Å²) in [4.78, 5) is 18.4. The maximum absolute atomic E-state index is 10.8. The molecule has 0 saturated heterocycles. The van der Waals surface area contributed by atoms with Gasteiger partial charge >= 0.3 is 0 Å².